The molecule has 4 N–H and O–H groups in total. The smallest absolute Gasteiger partial charge is 0.543 e. The Labute approximate surface area is 238 Å². The summed E-state index contributed by atoms with van der Waals surface area (Å²) in [4.78, 5) is 61.0. The number of anilines is 1. The first-order chi connectivity index (χ1) is 17.0. The van der Waals surface area contributed by atoms with E-state index in [1.807, 2.05) is 0 Å². The zero-order valence-electron chi connectivity index (χ0n) is 20.3. The van der Waals surface area contributed by atoms with Gasteiger partial charge in [0.05, 0.1) is 35.2 Å². The van der Waals surface area contributed by atoms with Crippen LogP contribution in [0.1, 0.15) is 30.6 Å². The van der Waals surface area contributed by atoms with Crippen LogP contribution in [-0.2, 0) is 19.1 Å². The average Bonchev–Trinajstić information content (AvgIpc) is 3.35. The third-order valence-corrected chi connectivity index (χ3v) is 8.16. The number of nitrogens with one attached hydrogen (secondary N) is 2. The number of carboxylic acids is 2. The standard InChI is InChI=1S/C23H25N3O9S.Na/c1-9-16-15(10(2)35-23(33)34)20(28)26(16)17(22(31)32)18(9)36-13-7-14(24-8-13)19(27)25-12-5-3-4-11(6-12)21(29)30;/h3-6,9-10,13-16,24H,7-8H2,1-2H3,(H,25,27)(H,29,30)(H,31,32)(H,33,34);/q;+1/p-1/t9-,10-,13+,14+,15-,16-;/m1./s1. The predicted molar refractivity (Wildman–Crippen MR) is 124 cm³/mol. The van der Waals surface area contributed by atoms with Crippen LogP contribution in [0.4, 0.5) is 10.5 Å². The summed E-state index contributed by atoms with van der Waals surface area (Å²) in [6, 6.07) is 4.72. The summed E-state index contributed by atoms with van der Waals surface area (Å²) < 4.78 is 4.75. The SMILES string of the molecule is C[C@@H](OC(=O)O)[C@H]1C(=O)N2C(C(=O)[O-])=C(S[C@@H]3CN[C@H](C(=O)Nc4cccc(C(=O)O)c4)C3)[C@H](C)[C@H]12.[Na+]. The summed E-state index contributed by atoms with van der Waals surface area (Å²) >= 11 is 1.26. The Morgan fingerprint density at radius 2 is 1.97 bits per heavy atom. The van der Waals surface area contributed by atoms with Crippen LogP contribution in [0.25, 0.3) is 0 Å². The largest absolute Gasteiger partial charge is 1.00 e. The van der Waals surface area contributed by atoms with Gasteiger partial charge in [0.25, 0.3) is 0 Å². The van der Waals surface area contributed by atoms with Crippen LogP contribution in [0, 0.1) is 11.8 Å². The molecule has 2 fully saturated rings. The van der Waals surface area contributed by atoms with Crippen molar-refractivity contribution in [1.29, 1.82) is 0 Å². The van der Waals surface area contributed by atoms with Crippen molar-refractivity contribution in [3.8, 4) is 0 Å². The number of hydrogen-bond donors (Lipinski definition) is 4. The molecule has 2 saturated heterocycles. The minimum absolute atomic E-state index is 0. The second-order valence-electron chi connectivity index (χ2n) is 8.91. The van der Waals surface area contributed by atoms with E-state index >= 15 is 0 Å². The maximum absolute atomic E-state index is 12.7. The van der Waals surface area contributed by atoms with Crippen molar-refractivity contribution in [3.05, 3.63) is 40.4 Å². The van der Waals surface area contributed by atoms with Crippen molar-refractivity contribution >= 4 is 47.4 Å². The van der Waals surface area contributed by atoms with Crippen molar-refractivity contribution < 1.29 is 73.6 Å². The second kappa shape index (κ2) is 11.4. The molecule has 0 unspecified atom stereocenters. The fraction of sp³-hybridized carbons (Fsp3) is 0.435. The van der Waals surface area contributed by atoms with Gasteiger partial charge in [-0.3, -0.25) is 9.59 Å². The van der Waals surface area contributed by atoms with E-state index in [9.17, 15) is 29.1 Å². The number of aliphatic carboxylic acids is 1. The van der Waals surface area contributed by atoms with Gasteiger partial charge >= 0.3 is 41.7 Å². The molecule has 3 heterocycles. The Balaban J connectivity index is 0.00000380. The molecule has 4 rings (SSSR count). The maximum atomic E-state index is 12.7. The van der Waals surface area contributed by atoms with E-state index in [2.05, 4.69) is 10.6 Å². The quantitative estimate of drug-likeness (QED) is 0.153. The predicted octanol–water partition coefficient (Wildman–Crippen LogP) is -2.69. The zero-order chi connectivity index (χ0) is 26.3. The molecule has 1 aromatic rings. The molecule has 192 valence electrons. The molecule has 6 atom stereocenters. The van der Waals surface area contributed by atoms with Crippen molar-refractivity contribution in [2.24, 2.45) is 11.8 Å². The molecule has 0 aliphatic carbocycles. The number of rotatable bonds is 8. The number of carbonyl (C=O) groups is 5. The molecule has 3 aliphatic rings. The molecule has 0 radical (unpaired) electrons. The molecule has 12 nitrogen and oxygen atoms in total. The normalized spacial score (nSPS) is 27.0. The summed E-state index contributed by atoms with van der Waals surface area (Å²) in [5.41, 5.74) is 0.161. The van der Waals surface area contributed by atoms with Crippen LogP contribution in [0.15, 0.2) is 34.9 Å². The molecular weight excluding hydrogens is 517 g/mol. The number of nitrogens with zero attached hydrogens (tertiary/aromatic N) is 1. The van der Waals surface area contributed by atoms with Gasteiger partial charge in [0, 0.05) is 28.3 Å². The van der Waals surface area contributed by atoms with Crippen LogP contribution < -0.4 is 45.3 Å². The van der Waals surface area contributed by atoms with E-state index in [0.717, 1.165) is 4.90 Å². The molecule has 0 bridgehead atoms. The third kappa shape index (κ3) is 5.65. The Kier molecular flexibility index (Phi) is 8.96. The van der Waals surface area contributed by atoms with E-state index in [-0.39, 0.29) is 52.0 Å². The van der Waals surface area contributed by atoms with Crippen LogP contribution in [-0.4, -0.2) is 75.0 Å². The fourth-order valence-corrected chi connectivity index (χ4v) is 6.49. The number of ether oxygens (including phenoxy) is 1. The molecule has 2 amide bonds. The monoisotopic (exact) mass is 541 g/mol. The van der Waals surface area contributed by atoms with Gasteiger partial charge in [-0.1, -0.05) is 13.0 Å². The molecular formula is C23H24N3NaO9S. The van der Waals surface area contributed by atoms with Crippen LogP contribution in [0.5, 0.6) is 0 Å². The number of hydrogen-bond acceptors (Lipinski definition) is 9. The van der Waals surface area contributed by atoms with Crippen molar-refractivity contribution in [2.75, 3.05) is 11.9 Å². The first-order valence-electron chi connectivity index (χ1n) is 11.2. The molecule has 0 saturated carbocycles. The van der Waals surface area contributed by atoms with Gasteiger partial charge in [0.2, 0.25) is 11.8 Å². The number of aromatic carboxylic acids is 1. The van der Waals surface area contributed by atoms with Gasteiger partial charge in [0.1, 0.15) is 6.10 Å². The number of carbonyl (C=O) groups excluding carboxylic acids is 3. The van der Waals surface area contributed by atoms with Gasteiger partial charge in [-0.25, -0.2) is 9.59 Å². The molecule has 1 aromatic carbocycles. The molecule has 37 heavy (non-hydrogen) atoms. The minimum atomic E-state index is -1.52. The summed E-state index contributed by atoms with van der Waals surface area (Å²) in [6.45, 7) is 3.63. The average molecular weight is 542 g/mol. The van der Waals surface area contributed by atoms with Gasteiger partial charge < -0.3 is 40.4 Å². The van der Waals surface area contributed by atoms with Crippen LogP contribution in [0.3, 0.4) is 0 Å². The Morgan fingerprint density at radius 1 is 1.27 bits per heavy atom. The first-order valence-corrected chi connectivity index (χ1v) is 12.1. The molecule has 0 spiro atoms. The minimum Gasteiger partial charge on any atom is -0.543 e. The van der Waals surface area contributed by atoms with Crippen molar-refractivity contribution in [2.45, 2.75) is 43.7 Å². The number of thioether (sulfide) groups is 1. The maximum Gasteiger partial charge on any atom is 1.00 e. The Morgan fingerprint density at radius 3 is 2.59 bits per heavy atom. The summed E-state index contributed by atoms with van der Waals surface area (Å²) in [5.74, 6) is -4.68. The van der Waals surface area contributed by atoms with Gasteiger partial charge in [0.15, 0.2) is 0 Å². The molecule has 14 heteroatoms. The second-order valence-corrected chi connectivity index (χ2v) is 10.3. The number of benzene rings is 1. The first kappa shape index (κ1) is 29.0. The molecule has 3 aliphatic heterocycles. The number of fused-ring (bicyclic) bond motifs is 1. The summed E-state index contributed by atoms with van der Waals surface area (Å²) in [5, 5.41) is 35.6. The van der Waals surface area contributed by atoms with Crippen LogP contribution in [0.2, 0.25) is 0 Å². The van der Waals surface area contributed by atoms with Crippen molar-refractivity contribution in [3.63, 3.8) is 0 Å². The zero-order valence-corrected chi connectivity index (χ0v) is 23.1. The van der Waals surface area contributed by atoms with Gasteiger partial charge in [-0.15, -0.1) is 11.8 Å². The number of amides is 2. The number of carboxylic acid groups (broad SMARTS) is 3. The summed E-state index contributed by atoms with van der Waals surface area (Å²) in [7, 11) is 0. The Bertz CT molecular complexity index is 1180. The van der Waals surface area contributed by atoms with E-state index in [1.54, 1.807) is 13.0 Å². The van der Waals surface area contributed by atoms with Gasteiger partial charge in [-0.05, 0) is 31.5 Å². The summed E-state index contributed by atoms with van der Waals surface area (Å²) in [6.07, 6.45) is -2.09. The fourth-order valence-electron chi connectivity index (χ4n) is 5.02. The third-order valence-electron chi connectivity index (χ3n) is 6.65. The Hall–Kier alpha value is -2.58. The molecule has 0 aromatic heterocycles. The van der Waals surface area contributed by atoms with E-state index in [4.69, 9.17) is 14.9 Å². The van der Waals surface area contributed by atoms with E-state index in [0.29, 0.717) is 23.6 Å². The van der Waals surface area contributed by atoms with Gasteiger partial charge in [-0.2, -0.15) is 0 Å². The van der Waals surface area contributed by atoms with Crippen molar-refractivity contribution in [1.82, 2.24) is 10.2 Å². The number of β-lactam (4-membered cyclic amide) rings is 1. The van der Waals surface area contributed by atoms with E-state index in [1.165, 1.54) is 36.9 Å². The van der Waals surface area contributed by atoms with Crippen LogP contribution >= 0.6 is 11.8 Å². The topological polar surface area (TPSA) is 185 Å². The van der Waals surface area contributed by atoms with E-state index < -0.39 is 54.0 Å².